The number of hydrogen-bond donors (Lipinski definition) is 4. The Morgan fingerprint density at radius 2 is 1.74 bits per heavy atom. The van der Waals surface area contributed by atoms with E-state index in [4.69, 9.17) is 4.74 Å². The van der Waals surface area contributed by atoms with E-state index in [2.05, 4.69) is 33.3 Å². The van der Waals surface area contributed by atoms with Gasteiger partial charge in [-0.25, -0.2) is 18.0 Å². The third kappa shape index (κ3) is 7.97. The summed E-state index contributed by atoms with van der Waals surface area (Å²) in [5.41, 5.74) is 1.23. The van der Waals surface area contributed by atoms with Gasteiger partial charge in [0.2, 0.25) is 21.8 Å². The molecule has 1 aromatic carbocycles. The molecule has 294 valence electrons. The Kier molecular flexibility index (Phi) is 10.5. The van der Waals surface area contributed by atoms with E-state index < -0.39 is 80.3 Å². The van der Waals surface area contributed by atoms with E-state index in [1.807, 2.05) is 26.0 Å². The molecule has 15 heteroatoms. The smallest absolute Gasteiger partial charge is 0.410 e. The van der Waals surface area contributed by atoms with Crippen LogP contribution < -0.4 is 20.7 Å². The average Bonchev–Trinajstić information content (AvgIpc) is 4.02. The van der Waals surface area contributed by atoms with Crippen molar-refractivity contribution < 1.29 is 37.1 Å². The molecule has 7 rings (SSSR count). The Labute approximate surface area is 317 Å². The van der Waals surface area contributed by atoms with Gasteiger partial charge < -0.3 is 25.6 Å². The van der Waals surface area contributed by atoms with Gasteiger partial charge in [-0.05, 0) is 87.8 Å². The Morgan fingerprint density at radius 1 is 1.00 bits per heavy atom. The SMILES string of the molecule is C=C[C@H]1C[C@]1(NC(=O)[C@@H]1C[C@@H]2CN1C(=O)[C@H](C1CCCCC1)NC(=O)NC(C)(C)CCCCc1cccc3c1CN(C3)C(=O)O2)C(=O)NS(=O)(=O)C1CC1. The number of hydrogen-bond acceptors (Lipinski definition) is 8. The van der Waals surface area contributed by atoms with Crippen LogP contribution in [0.4, 0.5) is 9.59 Å². The van der Waals surface area contributed by atoms with Crippen LogP contribution in [-0.2, 0) is 48.7 Å². The molecule has 5 atom stereocenters. The maximum absolute atomic E-state index is 14.8. The fourth-order valence-electron chi connectivity index (χ4n) is 8.92. The minimum atomic E-state index is -3.90. The molecule has 0 spiro atoms. The number of ether oxygens (including phenoxy) is 1. The van der Waals surface area contributed by atoms with Crippen molar-refractivity contribution in [3.05, 3.63) is 47.5 Å². The predicted molar refractivity (Wildman–Crippen MR) is 199 cm³/mol. The number of fused-ring (bicyclic) bond motifs is 3. The largest absolute Gasteiger partial charge is 0.444 e. The summed E-state index contributed by atoms with van der Waals surface area (Å²) in [6.07, 6.45) is 8.72. The van der Waals surface area contributed by atoms with Crippen LogP contribution in [0.15, 0.2) is 30.9 Å². The number of nitrogens with one attached hydrogen (secondary N) is 4. The number of sulfonamides is 1. The summed E-state index contributed by atoms with van der Waals surface area (Å²) >= 11 is 0. The van der Waals surface area contributed by atoms with E-state index in [9.17, 15) is 32.4 Å². The first-order valence-electron chi connectivity index (χ1n) is 19.6. The Balaban J connectivity index is 1.18. The lowest BCUT2D eigenvalue weighted by atomic mass is 9.83. The quantitative estimate of drug-likeness (QED) is 0.304. The molecule has 0 unspecified atom stereocenters. The first-order chi connectivity index (χ1) is 25.7. The van der Waals surface area contributed by atoms with E-state index in [-0.39, 0.29) is 25.3 Å². The maximum Gasteiger partial charge on any atom is 0.410 e. The third-order valence-corrected chi connectivity index (χ3v) is 14.1. The number of nitrogens with zero attached hydrogens (tertiary/aromatic N) is 2. The Bertz CT molecular complexity index is 1810. The van der Waals surface area contributed by atoms with Gasteiger partial charge in [-0.3, -0.25) is 24.0 Å². The summed E-state index contributed by atoms with van der Waals surface area (Å²) in [4.78, 5) is 73.0. The summed E-state index contributed by atoms with van der Waals surface area (Å²) < 4.78 is 33.7. The van der Waals surface area contributed by atoms with Crippen LogP contribution in [0.25, 0.3) is 0 Å². The highest BCUT2D eigenvalue weighted by atomic mass is 32.2. The standard InChI is InChI=1S/C39H54N6O8S/c1-4-27-20-39(27,35(48)43-54(51,52)29-16-17-29)41-33(46)31-19-28-22-45(31)34(47)32(25-12-6-5-7-13-25)40-36(49)42-38(2,3)18-9-8-11-24-14-10-15-26-21-44(23-30(24)26)37(50)53-28/h4,10,14-15,25,27-29,31-32H,1,5-9,11-13,16-23H2,2-3H3,(H,41,46)(H,43,48)(H2,40,42,49)/t27-,28+,31-,32-,39+/m0/s1. The van der Waals surface area contributed by atoms with Crippen molar-refractivity contribution in [2.45, 2.75) is 145 Å². The number of rotatable bonds is 7. The van der Waals surface area contributed by atoms with Gasteiger partial charge in [0.25, 0.3) is 5.91 Å². The molecule has 1 saturated heterocycles. The molecule has 3 aliphatic heterocycles. The molecule has 4 fully saturated rings. The molecule has 4 bridgehead atoms. The van der Waals surface area contributed by atoms with E-state index in [1.165, 1.54) is 16.5 Å². The monoisotopic (exact) mass is 766 g/mol. The fraction of sp³-hybridized carbons (Fsp3) is 0.667. The highest BCUT2D eigenvalue weighted by Gasteiger charge is 2.62. The van der Waals surface area contributed by atoms with Crippen molar-refractivity contribution in [1.29, 1.82) is 0 Å². The highest BCUT2D eigenvalue weighted by Crippen LogP contribution is 2.45. The topological polar surface area (TPSA) is 183 Å². The molecule has 6 amide bonds. The van der Waals surface area contributed by atoms with Gasteiger partial charge in [0.1, 0.15) is 23.7 Å². The molecule has 0 aromatic heterocycles. The van der Waals surface area contributed by atoms with Crippen LogP contribution in [0.2, 0.25) is 0 Å². The van der Waals surface area contributed by atoms with E-state index in [0.717, 1.165) is 68.9 Å². The summed E-state index contributed by atoms with van der Waals surface area (Å²) in [6, 6.07) is 3.54. The summed E-state index contributed by atoms with van der Waals surface area (Å²) in [5, 5.41) is 8.25. The lowest BCUT2D eigenvalue weighted by molar-refractivity contribution is -0.142. The molecule has 3 heterocycles. The summed E-state index contributed by atoms with van der Waals surface area (Å²) in [7, 11) is -3.90. The third-order valence-electron chi connectivity index (χ3n) is 12.3. The number of benzene rings is 1. The van der Waals surface area contributed by atoms with Gasteiger partial charge in [-0.15, -0.1) is 6.58 Å². The highest BCUT2D eigenvalue weighted by molar-refractivity contribution is 7.91. The van der Waals surface area contributed by atoms with E-state index in [0.29, 0.717) is 25.9 Å². The van der Waals surface area contributed by atoms with Crippen molar-refractivity contribution in [1.82, 2.24) is 30.5 Å². The zero-order valence-corrected chi connectivity index (χ0v) is 32.2. The fourth-order valence-corrected chi connectivity index (χ4v) is 10.3. The molecule has 0 radical (unpaired) electrons. The predicted octanol–water partition coefficient (Wildman–Crippen LogP) is 3.53. The number of amides is 6. The molecule has 14 nitrogen and oxygen atoms in total. The van der Waals surface area contributed by atoms with Gasteiger partial charge >= 0.3 is 12.1 Å². The van der Waals surface area contributed by atoms with Gasteiger partial charge in [0, 0.05) is 31.0 Å². The number of urea groups is 1. The normalized spacial score (nSPS) is 30.5. The van der Waals surface area contributed by atoms with Crippen LogP contribution in [0.3, 0.4) is 0 Å². The summed E-state index contributed by atoms with van der Waals surface area (Å²) in [6.45, 7) is 8.41. The number of carbonyl (C=O) groups is 5. The van der Waals surface area contributed by atoms with Gasteiger partial charge in [0.05, 0.1) is 11.8 Å². The second-order valence-electron chi connectivity index (χ2n) is 16.9. The maximum atomic E-state index is 14.8. The van der Waals surface area contributed by atoms with Gasteiger partial charge in [0.15, 0.2) is 0 Å². The van der Waals surface area contributed by atoms with Crippen molar-refractivity contribution in [3.8, 4) is 0 Å². The molecule has 3 saturated carbocycles. The van der Waals surface area contributed by atoms with Crippen molar-refractivity contribution in [2.75, 3.05) is 6.54 Å². The Hall–Kier alpha value is -4.14. The number of aryl methyl sites for hydroxylation is 1. The zero-order chi connectivity index (χ0) is 38.4. The molecular formula is C39H54N6O8S. The van der Waals surface area contributed by atoms with Crippen LogP contribution in [-0.4, -0.2) is 89.1 Å². The van der Waals surface area contributed by atoms with Gasteiger partial charge in [-0.2, -0.15) is 0 Å². The van der Waals surface area contributed by atoms with Crippen LogP contribution >= 0.6 is 0 Å². The molecule has 54 heavy (non-hydrogen) atoms. The van der Waals surface area contributed by atoms with E-state index >= 15 is 0 Å². The molecule has 4 N–H and O–H groups in total. The summed E-state index contributed by atoms with van der Waals surface area (Å²) in [5.74, 6) is -2.66. The van der Waals surface area contributed by atoms with Crippen LogP contribution in [0.1, 0.15) is 108 Å². The van der Waals surface area contributed by atoms with Crippen LogP contribution in [0, 0.1) is 11.8 Å². The Morgan fingerprint density at radius 3 is 2.44 bits per heavy atom. The average molecular weight is 767 g/mol. The molecule has 6 aliphatic rings. The lowest BCUT2D eigenvalue weighted by Gasteiger charge is -2.36. The van der Waals surface area contributed by atoms with Crippen molar-refractivity contribution in [2.24, 2.45) is 11.8 Å². The number of carbonyl (C=O) groups excluding carboxylic acids is 5. The second kappa shape index (κ2) is 14.8. The second-order valence-corrected chi connectivity index (χ2v) is 18.9. The first-order valence-corrected chi connectivity index (χ1v) is 21.2. The minimum Gasteiger partial charge on any atom is -0.444 e. The van der Waals surface area contributed by atoms with Crippen molar-refractivity contribution >= 4 is 39.9 Å². The van der Waals surface area contributed by atoms with Gasteiger partial charge in [-0.1, -0.05) is 50.0 Å². The molecular weight excluding hydrogens is 713 g/mol. The lowest BCUT2D eigenvalue weighted by Crippen LogP contribution is -2.61. The molecule has 1 aromatic rings. The van der Waals surface area contributed by atoms with Crippen LogP contribution in [0.5, 0.6) is 0 Å². The minimum absolute atomic E-state index is 0.0389. The van der Waals surface area contributed by atoms with E-state index in [1.54, 1.807) is 4.90 Å². The zero-order valence-electron chi connectivity index (χ0n) is 31.4. The van der Waals surface area contributed by atoms with Crippen molar-refractivity contribution in [3.63, 3.8) is 0 Å². The first kappa shape index (κ1) is 38.1. The molecule has 3 aliphatic carbocycles.